The minimum absolute atomic E-state index is 0.0937. The van der Waals surface area contributed by atoms with Gasteiger partial charge >= 0.3 is 5.97 Å². The van der Waals surface area contributed by atoms with Crippen molar-refractivity contribution in [1.29, 1.82) is 0 Å². The molecule has 0 heterocycles. The fourth-order valence-electron chi connectivity index (χ4n) is 1.38. The van der Waals surface area contributed by atoms with Crippen molar-refractivity contribution in [1.82, 2.24) is 0 Å². The van der Waals surface area contributed by atoms with Crippen LogP contribution < -0.4 is 0 Å². The van der Waals surface area contributed by atoms with E-state index in [4.69, 9.17) is 9.47 Å². The Hall–Kier alpha value is -0.570. The lowest BCUT2D eigenvalue weighted by Crippen LogP contribution is -2.13. The van der Waals surface area contributed by atoms with Crippen LogP contribution in [-0.4, -0.2) is 25.3 Å². The van der Waals surface area contributed by atoms with Gasteiger partial charge in [-0.15, -0.1) is 0 Å². The van der Waals surface area contributed by atoms with Gasteiger partial charge in [-0.25, -0.2) is 0 Å². The van der Waals surface area contributed by atoms with Gasteiger partial charge in [0.05, 0.1) is 12.7 Å². The molecule has 0 N–H and O–H groups in total. The van der Waals surface area contributed by atoms with E-state index in [1.807, 2.05) is 13.8 Å². The molecule has 0 amide bonds. The first-order chi connectivity index (χ1) is 7.66. The molecule has 0 rings (SSSR count). The van der Waals surface area contributed by atoms with E-state index in [2.05, 4.69) is 6.92 Å². The average Bonchev–Trinajstić information content (AvgIpc) is 2.24. The second kappa shape index (κ2) is 10.9. The minimum Gasteiger partial charge on any atom is -0.463 e. The predicted molar refractivity (Wildman–Crippen MR) is 65.4 cm³/mol. The van der Waals surface area contributed by atoms with Crippen LogP contribution in [0.3, 0.4) is 0 Å². The number of hydrogen-bond acceptors (Lipinski definition) is 3. The number of unbranched alkanes of at least 4 members (excludes halogenated alkanes) is 4. The first kappa shape index (κ1) is 15.4. The van der Waals surface area contributed by atoms with E-state index in [9.17, 15) is 4.79 Å². The molecule has 3 heteroatoms. The van der Waals surface area contributed by atoms with E-state index in [-0.39, 0.29) is 12.1 Å². The van der Waals surface area contributed by atoms with Crippen LogP contribution in [0.25, 0.3) is 0 Å². The van der Waals surface area contributed by atoms with E-state index >= 15 is 0 Å². The number of rotatable bonds is 10. The van der Waals surface area contributed by atoms with Gasteiger partial charge in [0.1, 0.15) is 6.61 Å². The Labute approximate surface area is 99.5 Å². The normalized spacial score (nSPS) is 10.8. The largest absolute Gasteiger partial charge is 0.463 e. The number of carbonyl (C=O) groups is 1. The lowest BCUT2D eigenvalue weighted by molar-refractivity contribution is -0.145. The molecule has 96 valence electrons. The zero-order valence-corrected chi connectivity index (χ0v) is 11.0. The molecular formula is C13H26O3. The fraction of sp³-hybridized carbons (Fsp3) is 0.923. The zero-order valence-electron chi connectivity index (χ0n) is 11.0. The topological polar surface area (TPSA) is 35.5 Å². The summed E-state index contributed by atoms with van der Waals surface area (Å²) in [5, 5.41) is 0. The molecule has 0 aliphatic carbocycles. The summed E-state index contributed by atoms with van der Waals surface area (Å²) in [5.74, 6) is -0.0937. The Kier molecular flexibility index (Phi) is 10.5. The molecular weight excluding hydrogens is 204 g/mol. The predicted octanol–water partition coefficient (Wildman–Crippen LogP) is 3.32. The van der Waals surface area contributed by atoms with Crippen molar-refractivity contribution in [2.45, 2.75) is 65.4 Å². The molecule has 0 bridgehead atoms. The van der Waals surface area contributed by atoms with Gasteiger partial charge in [-0.2, -0.15) is 0 Å². The minimum atomic E-state index is -0.0937. The Bertz CT molecular complexity index is 167. The molecule has 0 saturated heterocycles. The maximum absolute atomic E-state index is 11.2. The molecule has 0 unspecified atom stereocenters. The lowest BCUT2D eigenvalue weighted by atomic mass is 10.1. The van der Waals surface area contributed by atoms with E-state index in [1.165, 1.54) is 19.3 Å². The molecule has 0 atom stereocenters. The molecule has 0 aromatic carbocycles. The first-order valence-corrected chi connectivity index (χ1v) is 6.44. The summed E-state index contributed by atoms with van der Waals surface area (Å²) < 4.78 is 10.3. The zero-order chi connectivity index (χ0) is 12.2. The van der Waals surface area contributed by atoms with Crippen LogP contribution in [-0.2, 0) is 14.3 Å². The maximum atomic E-state index is 11.2. The second-order valence-corrected chi connectivity index (χ2v) is 4.30. The Morgan fingerprint density at radius 3 is 2.38 bits per heavy atom. The van der Waals surface area contributed by atoms with Gasteiger partial charge < -0.3 is 9.47 Å². The lowest BCUT2D eigenvalue weighted by Gasteiger charge is -2.08. The molecule has 3 nitrogen and oxygen atoms in total. The molecule has 0 spiro atoms. The van der Waals surface area contributed by atoms with Gasteiger partial charge in [-0.3, -0.25) is 4.79 Å². The van der Waals surface area contributed by atoms with Crippen molar-refractivity contribution < 1.29 is 14.3 Å². The quantitative estimate of drug-likeness (QED) is 0.426. The highest BCUT2D eigenvalue weighted by Crippen LogP contribution is 2.05. The summed E-state index contributed by atoms with van der Waals surface area (Å²) in [7, 11) is 0. The van der Waals surface area contributed by atoms with Gasteiger partial charge in [0, 0.05) is 6.42 Å². The standard InChI is InChI=1S/C13H26O3/c1-4-5-6-7-8-9-13(14)16-11-10-15-12(2)3/h12H,4-11H2,1-3H3. The molecule has 0 aromatic rings. The number of carbonyl (C=O) groups excluding carboxylic acids is 1. The Morgan fingerprint density at radius 1 is 1.06 bits per heavy atom. The molecule has 0 aliphatic heterocycles. The van der Waals surface area contributed by atoms with Crippen LogP contribution in [0.2, 0.25) is 0 Å². The van der Waals surface area contributed by atoms with E-state index in [0.29, 0.717) is 19.6 Å². The van der Waals surface area contributed by atoms with E-state index in [0.717, 1.165) is 12.8 Å². The third-order valence-electron chi connectivity index (χ3n) is 2.28. The van der Waals surface area contributed by atoms with Crippen LogP contribution in [0.15, 0.2) is 0 Å². The van der Waals surface area contributed by atoms with Gasteiger partial charge in [-0.05, 0) is 20.3 Å². The highest BCUT2D eigenvalue weighted by Gasteiger charge is 2.02. The summed E-state index contributed by atoms with van der Waals surface area (Å²) >= 11 is 0. The summed E-state index contributed by atoms with van der Waals surface area (Å²) in [4.78, 5) is 11.2. The summed E-state index contributed by atoms with van der Waals surface area (Å²) in [6.07, 6.45) is 6.54. The fourth-order valence-corrected chi connectivity index (χ4v) is 1.38. The smallest absolute Gasteiger partial charge is 0.305 e. The van der Waals surface area contributed by atoms with Crippen molar-refractivity contribution in [3.8, 4) is 0 Å². The van der Waals surface area contributed by atoms with Crippen LogP contribution in [0.4, 0.5) is 0 Å². The van der Waals surface area contributed by atoms with Crippen LogP contribution in [0.1, 0.15) is 59.3 Å². The Balaban J connectivity index is 3.18. The third-order valence-corrected chi connectivity index (χ3v) is 2.28. The van der Waals surface area contributed by atoms with E-state index in [1.54, 1.807) is 0 Å². The van der Waals surface area contributed by atoms with Gasteiger partial charge in [0.2, 0.25) is 0 Å². The van der Waals surface area contributed by atoms with Gasteiger partial charge in [0.25, 0.3) is 0 Å². The van der Waals surface area contributed by atoms with E-state index < -0.39 is 0 Å². The molecule has 0 aromatic heterocycles. The summed E-state index contributed by atoms with van der Waals surface area (Å²) in [5.41, 5.74) is 0. The number of ether oxygens (including phenoxy) is 2. The number of esters is 1. The summed E-state index contributed by atoms with van der Waals surface area (Å²) in [6, 6.07) is 0. The average molecular weight is 230 g/mol. The molecule has 0 aliphatic rings. The van der Waals surface area contributed by atoms with Crippen LogP contribution in [0.5, 0.6) is 0 Å². The molecule has 0 fully saturated rings. The SMILES string of the molecule is CCCCCCCC(=O)OCCOC(C)C. The number of hydrogen-bond donors (Lipinski definition) is 0. The Morgan fingerprint density at radius 2 is 1.75 bits per heavy atom. The van der Waals surface area contributed by atoms with Crippen molar-refractivity contribution >= 4 is 5.97 Å². The monoisotopic (exact) mass is 230 g/mol. The first-order valence-electron chi connectivity index (χ1n) is 6.44. The maximum Gasteiger partial charge on any atom is 0.305 e. The highest BCUT2D eigenvalue weighted by molar-refractivity contribution is 5.69. The molecule has 0 radical (unpaired) electrons. The van der Waals surface area contributed by atoms with Crippen molar-refractivity contribution in [3.63, 3.8) is 0 Å². The summed E-state index contributed by atoms with van der Waals surface area (Å²) in [6.45, 7) is 7.00. The molecule has 16 heavy (non-hydrogen) atoms. The third kappa shape index (κ3) is 11.5. The van der Waals surface area contributed by atoms with Crippen LogP contribution in [0, 0.1) is 0 Å². The second-order valence-electron chi connectivity index (χ2n) is 4.30. The highest BCUT2D eigenvalue weighted by atomic mass is 16.6. The van der Waals surface area contributed by atoms with Crippen molar-refractivity contribution in [2.24, 2.45) is 0 Å². The molecule has 0 saturated carbocycles. The van der Waals surface area contributed by atoms with Gasteiger partial charge in [0.15, 0.2) is 0 Å². The van der Waals surface area contributed by atoms with Crippen LogP contribution >= 0.6 is 0 Å². The van der Waals surface area contributed by atoms with Crippen molar-refractivity contribution in [3.05, 3.63) is 0 Å². The van der Waals surface area contributed by atoms with Gasteiger partial charge in [-0.1, -0.05) is 32.6 Å². The van der Waals surface area contributed by atoms with Crippen molar-refractivity contribution in [2.75, 3.05) is 13.2 Å².